The fourth-order valence-corrected chi connectivity index (χ4v) is 5.65. The van der Waals surface area contributed by atoms with Gasteiger partial charge < -0.3 is 25.5 Å². The first-order valence-electron chi connectivity index (χ1n) is 11.8. The highest BCUT2D eigenvalue weighted by Gasteiger charge is 2.30. The number of aromatic nitrogens is 1. The van der Waals surface area contributed by atoms with E-state index in [1.807, 2.05) is 16.8 Å². The minimum atomic E-state index is -1.07. The van der Waals surface area contributed by atoms with Crippen molar-refractivity contribution in [2.24, 2.45) is 0 Å². The van der Waals surface area contributed by atoms with Crippen LogP contribution in [0.3, 0.4) is 0 Å². The van der Waals surface area contributed by atoms with Crippen molar-refractivity contribution >= 4 is 52.4 Å². The molecule has 9 nitrogen and oxygen atoms in total. The van der Waals surface area contributed by atoms with Crippen molar-refractivity contribution in [2.45, 2.75) is 51.7 Å². The van der Waals surface area contributed by atoms with E-state index >= 15 is 0 Å². The summed E-state index contributed by atoms with van der Waals surface area (Å²) in [7, 11) is 0. The van der Waals surface area contributed by atoms with Crippen LogP contribution in [0.5, 0.6) is 0 Å². The van der Waals surface area contributed by atoms with E-state index in [4.69, 9.17) is 28.3 Å². The van der Waals surface area contributed by atoms with Crippen molar-refractivity contribution in [1.82, 2.24) is 25.4 Å². The SMILES string of the molecule is Cc1cc(Cl)nc(Cl)c1C(=O)NCCC(C)N1CCC(N(Cc2ccsc2)C(=O)NCC(=O)O)CC1. The molecule has 3 heterocycles. The number of nitrogens with one attached hydrogen (secondary N) is 2. The molecule has 0 spiro atoms. The first-order valence-corrected chi connectivity index (χ1v) is 13.5. The van der Waals surface area contributed by atoms with Gasteiger partial charge in [0.1, 0.15) is 16.9 Å². The van der Waals surface area contributed by atoms with Gasteiger partial charge in [0.05, 0.1) is 5.56 Å². The van der Waals surface area contributed by atoms with E-state index in [0.29, 0.717) is 24.2 Å². The fraction of sp³-hybridized carbons (Fsp3) is 0.500. The first-order chi connectivity index (χ1) is 17.2. The molecule has 36 heavy (non-hydrogen) atoms. The Kier molecular flexibility index (Phi) is 10.4. The molecular formula is C24H31Cl2N5O4S. The van der Waals surface area contributed by atoms with Crippen LogP contribution in [0, 0.1) is 6.92 Å². The predicted molar refractivity (Wildman–Crippen MR) is 141 cm³/mol. The molecule has 0 bridgehead atoms. The van der Waals surface area contributed by atoms with Crippen LogP contribution >= 0.6 is 34.5 Å². The Balaban J connectivity index is 1.50. The maximum absolute atomic E-state index is 12.8. The Labute approximate surface area is 224 Å². The molecule has 1 atom stereocenters. The molecule has 3 amide bonds. The van der Waals surface area contributed by atoms with Crippen LogP contribution < -0.4 is 10.6 Å². The second-order valence-electron chi connectivity index (χ2n) is 8.90. The molecule has 0 saturated carbocycles. The number of hydrogen-bond donors (Lipinski definition) is 3. The molecule has 3 rings (SSSR count). The van der Waals surface area contributed by atoms with Crippen molar-refractivity contribution in [3.63, 3.8) is 0 Å². The van der Waals surface area contributed by atoms with Crippen LogP contribution in [0.4, 0.5) is 4.79 Å². The average molecular weight is 557 g/mol. The number of thiophene rings is 1. The van der Waals surface area contributed by atoms with Crippen LogP contribution in [0.15, 0.2) is 22.9 Å². The number of piperidine rings is 1. The number of carbonyl (C=O) groups excluding carboxylic acids is 2. The van der Waals surface area contributed by atoms with Gasteiger partial charge in [0, 0.05) is 38.3 Å². The number of nitrogens with zero attached hydrogens (tertiary/aromatic N) is 3. The lowest BCUT2D eigenvalue weighted by atomic mass is 10.0. The molecule has 0 aromatic carbocycles. The molecular weight excluding hydrogens is 525 g/mol. The number of hydrogen-bond acceptors (Lipinski definition) is 6. The van der Waals surface area contributed by atoms with E-state index in [1.165, 1.54) is 0 Å². The van der Waals surface area contributed by atoms with Crippen molar-refractivity contribution in [3.8, 4) is 0 Å². The fourth-order valence-electron chi connectivity index (χ4n) is 4.37. The summed E-state index contributed by atoms with van der Waals surface area (Å²) in [5, 5.41) is 18.7. The summed E-state index contributed by atoms with van der Waals surface area (Å²) in [6, 6.07) is 3.48. The lowest BCUT2D eigenvalue weighted by Gasteiger charge is -2.40. The number of rotatable bonds is 10. The lowest BCUT2D eigenvalue weighted by molar-refractivity contribution is -0.135. The number of amides is 3. The lowest BCUT2D eigenvalue weighted by Crippen LogP contribution is -2.52. The van der Waals surface area contributed by atoms with E-state index in [1.54, 1.807) is 29.2 Å². The summed E-state index contributed by atoms with van der Waals surface area (Å²) >= 11 is 13.6. The van der Waals surface area contributed by atoms with E-state index < -0.39 is 12.5 Å². The summed E-state index contributed by atoms with van der Waals surface area (Å²) in [5.74, 6) is -1.34. The first kappa shape index (κ1) is 28.2. The largest absolute Gasteiger partial charge is 0.480 e. The van der Waals surface area contributed by atoms with E-state index in [9.17, 15) is 14.4 Å². The van der Waals surface area contributed by atoms with Gasteiger partial charge in [-0.25, -0.2) is 9.78 Å². The number of aliphatic carboxylic acids is 1. The zero-order chi connectivity index (χ0) is 26.2. The second-order valence-corrected chi connectivity index (χ2v) is 10.4. The smallest absolute Gasteiger partial charge is 0.323 e. The summed E-state index contributed by atoms with van der Waals surface area (Å²) in [6.45, 7) is 6.03. The Morgan fingerprint density at radius 2 is 2.00 bits per heavy atom. The predicted octanol–water partition coefficient (Wildman–Crippen LogP) is 4.03. The van der Waals surface area contributed by atoms with Gasteiger partial charge in [-0.05, 0) is 67.1 Å². The topological polar surface area (TPSA) is 115 Å². The molecule has 0 radical (unpaired) electrons. The van der Waals surface area contributed by atoms with Crippen LogP contribution in [0.25, 0.3) is 0 Å². The second kappa shape index (κ2) is 13.2. The summed E-state index contributed by atoms with van der Waals surface area (Å²) in [6.07, 6.45) is 2.32. The average Bonchev–Trinajstić information content (AvgIpc) is 3.34. The van der Waals surface area contributed by atoms with Crippen LogP contribution in [0.2, 0.25) is 10.3 Å². The van der Waals surface area contributed by atoms with Crippen LogP contribution in [-0.2, 0) is 11.3 Å². The molecule has 3 N–H and O–H groups in total. The normalized spacial score (nSPS) is 15.3. The quantitative estimate of drug-likeness (QED) is 0.381. The highest BCUT2D eigenvalue weighted by atomic mass is 35.5. The van der Waals surface area contributed by atoms with Crippen LogP contribution in [-0.4, -0.2) is 76.1 Å². The zero-order valence-electron chi connectivity index (χ0n) is 20.3. The molecule has 196 valence electrons. The highest BCUT2D eigenvalue weighted by Crippen LogP contribution is 2.23. The van der Waals surface area contributed by atoms with E-state index in [0.717, 1.165) is 37.9 Å². The van der Waals surface area contributed by atoms with Crippen molar-refractivity contribution in [3.05, 3.63) is 49.9 Å². The molecule has 12 heteroatoms. The Hall–Kier alpha value is -2.40. The molecule has 2 aromatic heterocycles. The molecule has 1 unspecified atom stereocenters. The molecule has 2 aromatic rings. The number of carboxylic acids is 1. The van der Waals surface area contributed by atoms with E-state index in [2.05, 4.69) is 27.4 Å². The number of halogens is 2. The minimum absolute atomic E-state index is 0.0179. The standard InChI is InChI=1S/C24H31Cl2N5O4S/c1-15-11-19(25)29-22(26)21(15)23(34)27-7-3-16(2)30-8-4-18(5-9-30)31(13-17-6-10-36-14-17)24(35)28-12-20(32)33/h6,10-11,14,16,18H,3-5,7-9,12-13H2,1-2H3,(H,27,34)(H,28,35)(H,32,33). The van der Waals surface area contributed by atoms with Gasteiger partial charge in [-0.3, -0.25) is 9.59 Å². The third-order valence-electron chi connectivity index (χ3n) is 6.36. The van der Waals surface area contributed by atoms with E-state index in [-0.39, 0.29) is 34.3 Å². The number of carboxylic acid groups (broad SMARTS) is 1. The Bertz CT molecular complexity index is 1040. The number of likely N-dealkylation sites (tertiary alicyclic amines) is 1. The van der Waals surface area contributed by atoms with Gasteiger partial charge in [0.15, 0.2) is 0 Å². The third-order valence-corrected chi connectivity index (χ3v) is 7.56. The highest BCUT2D eigenvalue weighted by molar-refractivity contribution is 7.07. The summed E-state index contributed by atoms with van der Waals surface area (Å²) in [4.78, 5) is 44.3. The molecule has 1 saturated heterocycles. The maximum atomic E-state index is 12.8. The molecule has 0 aliphatic carbocycles. The molecule has 1 fully saturated rings. The van der Waals surface area contributed by atoms with Gasteiger partial charge in [0.2, 0.25) is 0 Å². The monoisotopic (exact) mass is 555 g/mol. The third kappa shape index (κ3) is 7.80. The van der Waals surface area contributed by atoms with Gasteiger partial charge >= 0.3 is 12.0 Å². The van der Waals surface area contributed by atoms with Crippen molar-refractivity contribution < 1.29 is 19.5 Å². The summed E-state index contributed by atoms with van der Waals surface area (Å²) in [5.41, 5.74) is 2.04. The number of pyridine rings is 1. The Morgan fingerprint density at radius 3 is 2.61 bits per heavy atom. The van der Waals surface area contributed by atoms with Gasteiger partial charge in [-0.2, -0.15) is 11.3 Å². The zero-order valence-corrected chi connectivity index (χ0v) is 22.6. The van der Waals surface area contributed by atoms with Gasteiger partial charge in [-0.1, -0.05) is 23.2 Å². The molecule has 1 aliphatic rings. The van der Waals surface area contributed by atoms with Crippen molar-refractivity contribution in [1.29, 1.82) is 0 Å². The Morgan fingerprint density at radius 1 is 1.28 bits per heavy atom. The maximum Gasteiger partial charge on any atom is 0.323 e. The minimum Gasteiger partial charge on any atom is -0.480 e. The number of aryl methyl sites for hydroxylation is 1. The van der Waals surface area contributed by atoms with Crippen molar-refractivity contribution in [2.75, 3.05) is 26.2 Å². The van der Waals surface area contributed by atoms with Gasteiger partial charge in [0.25, 0.3) is 5.91 Å². The van der Waals surface area contributed by atoms with Gasteiger partial charge in [-0.15, -0.1) is 0 Å². The molecule has 1 aliphatic heterocycles. The number of urea groups is 1. The summed E-state index contributed by atoms with van der Waals surface area (Å²) < 4.78 is 0. The van der Waals surface area contributed by atoms with Crippen LogP contribution in [0.1, 0.15) is 47.7 Å². The number of carbonyl (C=O) groups is 3.